The fourth-order valence-electron chi connectivity index (χ4n) is 1.66. The van der Waals surface area contributed by atoms with Crippen LogP contribution >= 0.6 is 11.3 Å². The molecule has 0 aromatic carbocycles. The van der Waals surface area contributed by atoms with Gasteiger partial charge in [-0.15, -0.1) is 11.3 Å². The average Bonchev–Trinajstić information content (AvgIpc) is 2.94. The van der Waals surface area contributed by atoms with Crippen LogP contribution in [0.3, 0.4) is 0 Å². The Bertz CT molecular complexity index is 446. The summed E-state index contributed by atoms with van der Waals surface area (Å²) in [6.07, 6.45) is 0.445. The number of carbonyl (C=O) groups excluding carboxylic acids is 2. The van der Waals surface area contributed by atoms with Crippen LogP contribution in [-0.2, 0) is 4.74 Å². The second kappa shape index (κ2) is 5.81. The lowest BCUT2D eigenvalue weighted by Gasteiger charge is -2.11. The SMILES string of the molecule is Cc1nc(C(=O)NCCCN2CCOC2=O)cs1. The predicted octanol–water partition coefficient (Wildman–Crippen LogP) is 1.02. The molecule has 1 aliphatic heterocycles. The molecule has 0 atom stereocenters. The third-order valence-electron chi connectivity index (χ3n) is 2.59. The van der Waals surface area contributed by atoms with E-state index >= 15 is 0 Å². The van der Waals surface area contributed by atoms with Gasteiger partial charge in [0.1, 0.15) is 12.3 Å². The summed E-state index contributed by atoms with van der Waals surface area (Å²) >= 11 is 1.45. The third kappa shape index (κ3) is 3.19. The molecular formula is C11H15N3O3S. The number of cyclic esters (lactones) is 1. The highest BCUT2D eigenvalue weighted by atomic mass is 32.1. The molecule has 18 heavy (non-hydrogen) atoms. The van der Waals surface area contributed by atoms with Crippen molar-refractivity contribution in [3.05, 3.63) is 16.1 Å². The molecule has 0 bridgehead atoms. The van der Waals surface area contributed by atoms with E-state index in [2.05, 4.69) is 10.3 Å². The molecule has 0 unspecified atom stereocenters. The molecule has 1 saturated heterocycles. The number of rotatable bonds is 5. The van der Waals surface area contributed by atoms with Crippen molar-refractivity contribution >= 4 is 23.3 Å². The van der Waals surface area contributed by atoms with E-state index in [0.717, 1.165) is 5.01 Å². The van der Waals surface area contributed by atoms with Gasteiger partial charge in [-0.1, -0.05) is 0 Å². The van der Waals surface area contributed by atoms with Crippen molar-refractivity contribution in [3.8, 4) is 0 Å². The van der Waals surface area contributed by atoms with E-state index in [-0.39, 0.29) is 12.0 Å². The van der Waals surface area contributed by atoms with Crippen LogP contribution in [0.15, 0.2) is 5.38 Å². The van der Waals surface area contributed by atoms with Crippen molar-refractivity contribution in [1.82, 2.24) is 15.2 Å². The number of aromatic nitrogens is 1. The largest absolute Gasteiger partial charge is 0.448 e. The van der Waals surface area contributed by atoms with Gasteiger partial charge < -0.3 is 15.0 Å². The molecule has 6 nitrogen and oxygen atoms in total. The van der Waals surface area contributed by atoms with E-state index in [0.29, 0.717) is 38.4 Å². The first-order chi connectivity index (χ1) is 8.66. The molecule has 1 aromatic rings. The molecule has 0 radical (unpaired) electrons. The number of hydrogen-bond donors (Lipinski definition) is 1. The van der Waals surface area contributed by atoms with Crippen LogP contribution in [0.25, 0.3) is 0 Å². The molecule has 1 fully saturated rings. The summed E-state index contributed by atoms with van der Waals surface area (Å²) in [6, 6.07) is 0. The van der Waals surface area contributed by atoms with E-state index in [1.54, 1.807) is 10.3 Å². The number of nitrogens with zero attached hydrogens (tertiary/aromatic N) is 2. The van der Waals surface area contributed by atoms with Crippen molar-refractivity contribution in [2.75, 3.05) is 26.2 Å². The van der Waals surface area contributed by atoms with Crippen molar-refractivity contribution in [2.24, 2.45) is 0 Å². The van der Waals surface area contributed by atoms with Crippen LogP contribution in [0.1, 0.15) is 21.9 Å². The number of ether oxygens (including phenoxy) is 1. The lowest BCUT2D eigenvalue weighted by atomic mass is 10.3. The fraction of sp³-hybridized carbons (Fsp3) is 0.545. The summed E-state index contributed by atoms with van der Waals surface area (Å²) in [4.78, 5) is 28.5. The Morgan fingerprint density at radius 2 is 2.50 bits per heavy atom. The lowest BCUT2D eigenvalue weighted by Crippen LogP contribution is -2.30. The first-order valence-corrected chi connectivity index (χ1v) is 6.67. The number of amides is 2. The van der Waals surface area contributed by atoms with Gasteiger partial charge in [-0.2, -0.15) is 0 Å². The van der Waals surface area contributed by atoms with E-state index in [1.807, 2.05) is 6.92 Å². The Morgan fingerprint density at radius 3 is 3.11 bits per heavy atom. The summed E-state index contributed by atoms with van der Waals surface area (Å²) in [7, 11) is 0. The second-order valence-corrected chi connectivity index (χ2v) is 5.02. The number of hydrogen-bond acceptors (Lipinski definition) is 5. The lowest BCUT2D eigenvalue weighted by molar-refractivity contribution is 0.0948. The third-order valence-corrected chi connectivity index (χ3v) is 3.36. The Balaban J connectivity index is 1.66. The summed E-state index contributed by atoms with van der Waals surface area (Å²) in [5.74, 6) is -0.164. The Kier molecular flexibility index (Phi) is 4.14. The van der Waals surface area contributed by atoms with Crippen molar-refractivity contribution in [3.63, 3.8) is 0 Å². The monoisotopic (exact) mass is 269 g/mol. The van der Waals surface area contributed by atoms with Crippen LogP contribution < -0.4 is 5.32 Å². The molecule has 0 aliphatic carbocycles. The molecule has 1 aliphatic rings. The van der Waals surface area contributed by atoms with Gasteiger partial charge in [0, 0.05) is 18.5 Å². The Hall–Kier alpha value is -1.63. The minimum atomic E-state index is -0.267. The second-order valence-electron chi connectivity index (χ2n) is 3.96. The van der Waals surface area contributed by atoms with Gasteiger partial charge in [-0.3, -0.25) is 4.79 Å². The molecule has 2 rings (SSSR count). The molecule has 1 N–H and O–H groups in total. The normalized spacial score (nSPS) is 14.7. The highest BCUT2D eigenvalue weighted by Crippen LogP contribution is 2.07. The number of carbonyl (C=O) groups is 2. The maximum Gasteiger partial charge on any atom is 0.409 e. The number of aryl methyl sites for hydroxylation is 1. The summed E-state index contributed by atoms with van der Waals surface area (Å²) in [6.45, 7) is 4.09. The van der Waals surface area contributed by atoms with Crippen LogP contribution in [-0.4, -0.2) is 48.1 Å². The van der Waals surface area contributed by atoms with E-state index < -0.39 is 0 Å². The highest BCUT2D eigenvalue weighted by molar-refractivity contribution is 7.09. The summed E-state index contributed by atoms with van der Waals surface area (Å²) in [5.41, 5.74) is 0.457. The van der Waals surface area contributed by atoms with E-state index in [4.69, 9.17) is 4.74 Å². The smallest absolute Gasteiger partial charge is 0.409 e. The summed E-state index contributed by atoms with van der Waals surface area (Å²) in [5, 5.41) is 5.39. The average molecular weight is 269 g/mol. The molecule has 1 aromatic heterocycles. The van der Waals surface area contributed by atoms with Gasteiger partial charge in [0.05, 0.1) is 11.6 Å². The first-order valence-electron chi connectivity index (χ1n) is 5.79. The quantitative estimate of drug-likeness (QED) is 0.810. The van der Waals surface area contributed by atoms with Gasteiger partial charge >= 0.3 is 6.09 Å². The van der Waals surface area contributed by atoms with E-state index in [1.165, 1.54) is 11.3 Å². The van der Waals surface area contributed by atoms with E-state index in [9.17, 15) is 9.59 Å². The molecule has 0 saturated carbocycles. The molecule has 2 heterocycles. The van der Waals surface area contributed by atoms with Crippen molar-refractivity contribution in [1.29, 1.82) is 0 Å². The zero-order chi connectivity index (χ0) is 13.0. The van der Waals surface area contributed by atoms with Crippen LogP contribution in [0.2, 0.25) is 0 Å². The van der Waals surface area contributed by atoms with Gasteiger partial charge in [0.15, 0.2) is 0 Å². The molecule has 0 spiro atoms. The minimum absolute atomic E-state index is 0.164. The van der Waals surface area contributed by atoms with Gasteiger partial charge in [-0.05, 0) is 13.3 Å². The Labute approximate surface area is 109 Å². The standard InChI is InChI=1S/C11H15N3O3S/c1-8-13-9(7-18-8)10(15)12-3-2-4-14-5-6-17-11(14)16/h7H,2-6H2,1H3,(H,12,15). The Morgan fingerprint density at radius 1 is 1.67 bits per heavy atom. The van der Waals surface area contributed by atoms with Crippen LogP contribution in [0, 0.1) is 6.92 Å². The minimum Gasteiger partial charge on any atom is -0.448 e. The van der Waals surface area contributed by atoms with Crippen LogP contribution in [0.4, 0.5) is 4.79 Å². The zero-order valence-corrected chi connectivity index (χ0v) is 11.0. The van der Waals surface area contributed by atoms with Gasteiger partial charge in [0.2, 0.25) is 0 Å². The van der Waals surface area contributed by atoms with Crippen molar-refractivity contribution < 1.29 is 14.3 Å². The maximum atomic E-state index is 11.6. The molecular weight excluding hydrogens is 254 g/mol. The van der Waals surface area contributed by atoms with Gasteiger partial charge in [-0.25, -0.2) is 9.78 Å². The topological polar surface area (TPSA) is 71.5 Å². The molecule has 2 amide bonds. The van der Waals surface area contributed by atoms with Crippen LogP contribution in [0.5, 0.6) is 0 Å². The number of nitrogens with one attached hydrogen (secondary N) is 1. The summed E-state index contributed by atoms with van der Waals surface area (Å²) < 4.78 is 4.81. The molecule has 7 heteroatoms. The van der Waals surface area contributed by atoms with Crippen molar-refractivity contribution in [2.45, 2.75) is 13.3 Å². The first kappa shape index (κ1) is 12.8. The zero-order valence-electron chi connectivity index (χ0n) is 10.1. The fourth-order valence-corrected chi connectivity index (χ4v) is 2.25. The number of thiazole rings is 1. The molecule has 98 valence electrons. The van der Waals surface area contributed by atoms with Gasteiger partial charge in [0.25, 0.3) is 5.91 Å². The highest BCUT2D eigenvalue weighted by Gasteiger charge is 2.20. The predicted molar refractivity (Wildman–Crippen MR) is 66.7 cm³/mol. The maximum absolute atomic E-state index is 11.6.